The van der Waals surface area contributed by atoms with E-state index >= 15 is 0 Å². The molecule has 0 aliphatic heterocycles. The van der Waals surface area contributed by atoms with Crippen LogP contribution in [0.3, 0.4) is 0 Å². The Morgan fingerprint density at radius 1 is 1.36 bits per heavy atom. The maximum atomic E-state index is 11.7. The van der Waals surface area contributed by atoms with Crippen LogP contribution in [-0.4, -0.2) is 40.5 Å². The van der Waals surface area contributed by atoms with Gasteiger partial charge in [-0.05, 0) is 25.4 Å². The molecule has 1 amide bonds. The van der Waals surface area contributed by atoms with Gasteiger partial charge in [0.1, 0.15) is 6.04 Å². The first kappa shape index (κ1) is 17.6. The number of hydrogen-bond donors (Lipinski definition) is 1. The standard InChI is InChI=1S/C13H14ClN3O5/c1-7(2)22-13(20)17-8(3)11(19)21-6-10(18)9-4-15-12(14)16-5-9/h4-5,8H,1,6H2,2-3H3,(H,17,20)/t8-/m0/s1. The fourth-order valence-corrected chi connectivity index (χ4v) is 1.32. The quantitative estimate of drug-likeness (QED) is 0.365. The molecule has 22 heavy (non-hydrogen) atoms. The van der Waals surface area contributed by atoms with Gasteiger partial charge in [-0.25, -0.2) is 19.6 Å². The van der Waals surface area contributed by atoms with Gasteiger partial charge in [0, 0.05) is 12.4 Å². The molecule has 0 bridgehead atoms. The third kappa shape index (κ3) is 5.88. The van der Waals surface area contributed by atoms with Gasteiger partial charge in [0.2, 0.25) is 11.1 Å². The van der Waals surface area contributed by atoms with Crippen LogP contribution in [0.15, 0.2) is 24.7 Å². The molecule has 1 N–H and O–H groups in total. The molecule has 8 nitrogen and oxygen atoms in total. The Morgan fingerprint density at radius 2 is 1.95 bits per heavy atom. The summed E-state index contributed by atoms with van der Waals surface area (Å²) < 4.78 is 9.42. The average molecular weight is 328 g/mol. The van der Waals surface area contributed by atoms with E-state index in [0.29, 0.717) is 0 Å². The summed E-state index contributed by atoms with van der Waals surface area (Å²) in [4.78, 5) is 41.9. The summed E-state index contributed by atoms with van der Waals surface area (Å²) >= 11 is 5.49. The molecule has 0 fully saturated rings. The lowest BCUT2D eigenvalue weighted by Crippen LogP contribution is -2.40. The number of Topliss-reactive ketones (excluding diaryl/α,β-unsaturated/α-hetero) is 1. The Hall–Kier alpha value is -2.48. The number of hydrogen-bond acceptors (Lipinski definition) is 7. The number of nitrogens with zero attached hydrogens (tertiary/aromatic N) is 2. The molecule has 0 saturated heterocycles. The van der Waals surface area contributed by atoms with E-state index in [1.165, 1.54) is 26.2 Å². The highest BCUT2D eigenvalue weighted by molar-refractivity contribution is 6.28. The Bertz CT molecular complexity index is 588. The van der Waals surface area contributed by atoms with Crippen molar-refractivity contribution in [3.63, 3.8) is 0 Å². The van der Waals surface area contributed by atoms with Crippen LogP contribution in [-0.2, 0) is 14.3 Å². The second-order valence-electron chi connectivity index (χ2n) is 4.23. The van der Waals surface area contributed by atoms with Crippen LogP contribution in [0.5, 0.6) is 0 Å². The number of esters is 1. The van der Waals surface area contributed by atoms with Gasteiger partial charge in [-0.3, -0.25) is 4.79 Å². The average Bonchev–Trinajstić information content (AvgIpc) is 2.44. The van der Waals surface area contributed by atoms with Crippen molar-refractivity contribution in [3.8, 4) is 0 Å². The smallest absolute Gasteiger partial charge is 0.412 e. The van der Waals surface area contributed by atoms with Crippen molar-refractivity contribution in [2.75, 3.05) is 6.61 Å². The molecule has 0 spiro atoms. The van der Waals surface area contributed by atoms with Crippen LogP contribution in [0.1, 0.15) is 24.2 Å². The molecule has 0 unspecified atom stereocenters. The number of ether oxygens (including phenoxy) is 2. The number of carbonyl (C=O) groups is 3. The van der Waals surface area contributed by atoms with Crippen molar-refractivity contribution in [2.45, 2.75) is 19.9 Å². The largest absolute Gasteiger partial charge is 0.456 e. The Morgan fingerprint density at radius 3 is 2.50 bits per heavy atom. The number of carbonyl (C=O) groups excluding carboxylic acids is 3. The molecule has 1 aromatic rings. The number of amides is 1. The normalized spacial score (nSPS) is 11.2. The van der Waals surface area contributed by atoms with E-state index in [1.54, 1.807) is 0 Å². The lowest BCUT2D eigenvalue weighted by Gasteiger charge is -2.12. The molecule has 0 aliphatic rings. The van der Waals surface area contributed by atoms with Gasteiger partial charge >= 0.3 is 12.1 Å². The first-order valence-electron chi connectivity index (χ1n) is 6.11. The number of alkyl carbamates (subject to hydrolysis) is 1. The maximum absolute atomic E-state index is 11.7. The van der Waals surface area contributed by atoms with E-state index in [9.17, 15) is 14.4 Å². The maximum Gasteiger partial charge on any atom is 0.412 e. The highest BCUT2D eigenvalue weighted by Crippen LogP contribution is 2.02. The van der Waals surface area contributed by atoms with Gasteiger partial charge in [-0.2, -0.15) is 0 Å². The Labute approximate surface area is 131 Å². The lowest BCUT2D eigenvalue weighted by atomic mass is 10.2. The predicted octanol–water partition coefficient (Wildman–Crippen LogP) is 1.50. The minimum absolute atomic E-state index is 0.00221. The van der Waals surface area contributed by atoms with Crippen molar-refractivity contribution in [3.05, 3.63) is 35.6 Å². The molecule has 0 aromatic carbocycles. The first-order chi connectivity index (χ1) is 10.3. The topological polar surface area (TPSA) is 107 Å². The van der Waals surface area contributed by atoms with Crippen LogP contribution in [0.2, 0.25) is 5.28 Å². The zero-order valence-corrected chi connectivity index (χ0v) is 12.7. The summed E-state index contributed by atoms with van der Waals surface area (Å²) in [6.45, 7) is 5.74. The van der Waals surface area contributed by atoms with E-state index in [2.05, 4.69) is 26.6 Å². The van der Waals surface area contributed by atoms with E-state index in [1.807, 2.05) is 0 Å². The molecule has 0 radical (unpaired) electrons. The van der Waals surface area contributed by atoms with Gasteiger partial charge < -0.3 is 14.8 Å². The highest BCUT2D eigenvalue weighted by atomic mass is 35.5. The molecule has 1 atom stereocenters. The zero-order chi connectivity index (χ0) is 16.7. The van der Waals surface area contributed by atoms with Crippen LogP contribution in [0, 0.1) is 0 Å². The van der Waals surface area contributed by atoms with E-state index in [-0.39, 0.29) is 16.6 Å². The Balaban J connectivity index is 2.44. The third-order valence-corrected chi connectivity index (χ3v) is 2.44. The lowest BCUT2D eigenvalue weighted by molar-refractivity contribution is -0.144. The summed E-state index contributed by atoms with van der Waals surface area (Å²) in [5.41, 5.74) is 0.152. The SMILES string of the molecule is C=C(C)OC(=O)N[C@@H](C)C(=O)OCC(=O)c1cnc(Cl)nc1. The molecule has 1 heterocycles. The number of allylic oxidation sites excluding steroid dienone is 1. The van der Waals surface area contributed by atoms with Crippen LogP contribution in [0.25, 0.3) is 0 Å². The minimum atomic E-state index is -0.985. The van der Waals surface area contributed by atoms with Gasteiger partial charge in [-0.15, -0.1) is 0 Å². The molecule has 0 aliphatic carbocycles. The molecule has 1 aromatic heterocycles. The molecule has 1 rings (SSSR count). The fourth-order valence-electron chi connectivity index (χ4n) is 1.22. The number of rotatable bonds is 6. The molecule has 118 valence electrons. The predicted molar refractivity (Wildman–Crippen MR) is 76.2 cm³/mol. The summed E-state index contributed by atoms with van der Waals surface area (Å²) in [5, 5.41) is 2.23. The zero-order valence-electron chi connectivity index (χ0n) is 12.0. The number of halogens is 1. The van der Waals surface area contributed by atoms with Crippen molar-refractivity contribution < 1.29 is 23.9 Å². The molecular formula is C13H14ClN3O5. The second-order valence-corrected chi connectivity index (χ2v) is 4.57. The summed E-state index contributed by atoms with van der Waals surface area (Å²) in [7, 11) is 0. The molecule has 0 saturated carbocycles. The van der Waals surface area contributed by atoms with Crippen LogP contribution < -0.4 is 5.32 Å². The van der Waals surface area contributed by atoms with Gasteiger partial charge in [0.25, 0.3) is 0 Å². The summed E-state index contributed by atoms with van der Waals surface area (Å²) in [6.07, 6.45) is 1.60. The highest BCUT2D eigenvalue weighted by Gasteiger charge is 2.19. The van der Waals surface area contributed by atoms with Crippen molar-refractivity contribution >= 4 is 29.4 Å². The van der Waals surface area contributed by atoms with E-state index < -0.39 is 30.5 Å². The van der Waals surface area contributed by atoms with Gasteiger partial charge in [0.05, 0.1) is 11.3 Å². The fraction of sp³-hybridized carbons (Fsp3) is 0.308. The second kappa shape index (κ2) is 8.08. The van der Waals surface area contributed by atoms with Crippen LogP contribution in [0.4, 0.5) is 4.79 Å². The van der Waals surface area contributed by atoms with Crippen molar-refractivity contribution in [1.82, 2.24) is 15.3 Å². The Kier molecular flexibility index (Phi) is 6.46. The third-order valence-electron chi connectivity index (χ3n) is 2.24. The van der Waals surface area contributed by atoms with E-state index in [0.717, 1.165) is 0 Å². The number of nitrogens with one attached hydrogen (secondary N) is 1. The summed E-state index contributed by atoms with van der Waals surface area (Å²) in [5.74, 6) is -1.11. The van der Waals surface area contributed by atoms with Gasteiger partial charge in [0.15, 0.2) is 6.61 Å². The monoisotopic (exact) mass is 327 g/mol. The number of ketones is 1. The molecule has 9 heteroatoms. The van der Waals surface area contributed by atoms with E-state index in [4.69, 9.17) is 16.3 Å². The molecular weight excluding hydrogens is 314 g/mol. The van der Waals surface area contributed by atoms with Crippen LogP contribution >= 0.6 is 11.6 Å². The van der Waals surface area contributed by atoms with Crippen molar-refractivity contribution in [1.29, 1.82) is 0 Å². The van der Waals surface area contributed by atoms with Crippen molar-refractivity contribution in [2.24, 2.45) is 0 Å². The first-order valence-corrected chi connectivity index (χ1v) is 6.48. The van der Waals surface area contributed by atoms with Gasteiger partial charge in [-0.1, -0.05) is 6.58 Å². The number of aromatic nitrogens is 2. The minimum Gasteiger partial charge on any atom is -0.456 e. The summed E-state index contributed by atoms with van der Waals surface area (Å²) in [6, 6.07) is -0.985.